The first kappa shape index (κ1) is 16.2. The van der Waals surface area contributed by atoms with E-state index in [9.17, 15) is 9.90 Å². The van der Waals surface area contributed by atoms with E-state index in [0.717, 1.165) is 17.5 Å². The molecule has 1 aromatic heterocycles. The molecule has 3 rings (SSSR count). The van der Waals surface area contributed by atoms with Crippen LogP contribution in [0, 0.1) is 0 Å². The lowest BCUT2D eigenvalue weighted by Gasteiger charge is -2.11. The number of rotatable bonds is 4. The summed E-state index contributed by atoms with van der Waals surface area (Å²) in [5, 5.41) is 10.3. The van der Waals surface area contributed by atoms with Gasteiger partial charge in [0.25, 0.3) is 0 Å². The zero-order valence-electron chi connectivity index (χ0n) is 14.2. The highest BCUT2D eigenvalue weighted by Crippen LogP contribution is 2.28. The van der Waals surface area contributed by atoms with Crippen molar-refractivity contribution in [3.05, 3.63) is 65.2 Å². The molecule has 0 aliphatic rings. The van der Waals surface area contributed by atoms with Gasteiger partial charge in [-0.3, -0.25) is 0 Å². The molecular formula is C21H21NO2. The van der Waals surface area contributed by atoms with E-state index >= 15 is 0 Å². The molecule has 0 spiro atoms. The molecule has 2 aromatic carbocycles. The SMILES string of the molecule is CCc1ccc(-c2cc(C(=O)O)c3cc(C(C)C)ccc3n2)cc1. The monoisotopic (exact) mass is 319 g/mol. The maximum Gasteiger partial charge on any atom is 0.336 e. The first-order valence-corrected chi connectivity index (χ1v) is 8.27. The van der Waals surface area contributed by atoms with Crippen LogP contribution in [-0.4, -0.2) is 16.1 Å². The minimum absolute atomic E-state index is 0.303. The minimum atomic E-state index is -0.922. The Kier molecular flexibility index (Phi) is 4.34. The normalized spacial score (nSPS) is 11.2. The predicted molar refractivity (Wildman–Crippen MR) is 97.6 cm³/mol. The van der Waals surface area contributed by atoms with E-state index < -0.39 is 5.97 Å². The van der Waals surface area contributed by atoms with Crippen molar-refractivity contribution < 1.29 is 9.90 Å². The van der Waals surface area contributed by atoms with Crippen molar-refractivity contribution in [2.45, 2.75) is 33.1 Å². The molecule has 0 saturated heterocycles. The molecule has 0 saturated carbocycles. The van der Waals surface area contributed by atoms with Crippen LogP contribution in [0.2, 0.25) is 0 Å². The third-order valence-corrected chi connectivity index (χ3v) is 4.39. The number of fused-ring (bicyclic) bond motifs is 1. The summed E-state index contributed by atoms with van der Waals surface area (Å²) < 4.78 is 0. The largest absolute Gasteiger partial charge is 0.478 e. The number of aromatic carboxylic acids is 1. The topological polar surface area (TPSA) is 50.2 Å². The van der Waals surface area contributed by atoms with E-state index in [0.29, 0.717) is 28.1 Å². The number of carbonyl (C=O) groups is 1. The van der Waals surface area contributed by atoms with Crippen molar-refractivity contribution in [1.82, 2.24) is 4.98 Å². The van der Waals surface area contributed by atoms with Crippen LogP contribution >= 0.6 is 0 Å². The number of benzene rings is 2. The van der Waals surface area contributed by atoms with Crippen LogP contribution in [0.5, 0.6) is 0 Å². The summed E-state index contributed by atoms with van der Waals surface area (Å²) in [4.78, 5) is 16.4. The highest BCUT2D eigenvalue weighted by Gasteiger charge is 2.14. The van der Waals surface area contributed by atoms with Gasteiger partial charge in [-0.1, -0.05) is 51.1 Å². The van der Waals surface area contributed by atoms with Gasteiger partial charge in [-0.15, -0.1) is 0 Å². The summed E-state index contributed by atoms with van der Waals surface area (Å²) in [5.41, 5.74) is 5.02. The standard InChI is InChI=1S/C21H21NO2/c1-4-14-5-7-15(8-6-14)20-12-18(21(23)24)17-11-16(13(2)3)9-10-19(17)22-20/h5-13H,4H2,1-3H3,(H,23,24). The van der Waals surface area contributed by atoms with Crippen LogP contribution in [-0.2, 0) is 6.42 Å². The van der Waals surface area contributed by atoms with Gasteiger partial charge >= 0.3 is 5.97 Å². The van der Waals surface area contributed by atoms with Crippen LogP contribution in [0.25, 0.3) is 22.2 Å². The van der Waals surface area contributed by atoms with Crippen LogP contribution in [0.4, 0.5) is 0 Å². The number of nitrogens with zero attached hydrogens (tertiary/aromatic N) is 1. The highest BCUT2D eigenvalue weighted by atomic mass is 16.4. The van der Waals surface area contributed by atoms with Crippen molar-refractivity contribution in [2.75, 3.05) is 0 Å². The number of pyridine rings is 1. The van der Waals surface area contributed by atoms with Crippen molar-refractivity contribution in [3.8, 4) is 11.3 Å². The van der Waals surface area contributed by atoms with E-state index in [-0.39, 0.29) is 0 Å². The molecule has 1 N–H and O–H groups in total. The van der Waals surface area contributed by atoms with E-state index in [1.807, 2.05) is 30.3 Å². The Hall–Kier alpha value is -2.68. The Morgan fingerprint density at radius 1 is 1.08 bits per heavy atom. The van der Waals surface area contributed by atoms with Crippen LogP contribution < -0.4 is 0 Å². The van der Waals surface area contributed by atoms with Crippen molar-refractivity contribution in [3.63, 3.8) is 0 Å². The van der Waals surface area contributed by atoms with Crippen LogP contribution in [0.3, 0.4) is 0 Å². The molecule has 0 aliphatic heterocycles. The average Bonchev–Trinajstić information content (AvgIpc) is 2.60. The number of aromatic nitrogens is 1. The third kappa shape index (κ3) is 3.02. The van der Waals surface area contributed by atoms with Crippen molar-refractivity contribution >= 4 is 16.9 Å². The van der Waals surface area contributed by atoms with E-state index in [1.165, 1.54) is 5.56 Å². The molecule has 3 nitrogen and oxygen atoms in total. The van der Waals surface area contributed by atoms with Gasteiger partial charge in [0.15, 0.2) is 0 Å². The molecule has 0 atom stereocenters. The maximum atomic E-state index is 11.8. The van der Waals surface area contributed by atoms with E-state index in [1.54, 1.807) is 6.07 Å². The fraction of sp³-hybridized carbons (Fsp3) is 0.238. The number of aryl methyl sites for hydroxylation is 1. The summed E-state index contributed by atoms with van der Waals surface area (Å²) in [7, 11) is 0. The molecule has 0 bridgehead atoms. The van der Waals surface area contributed by atoms with Gasteiger partial charge in [0.2, 0.25) is 0 Å². The van der Waals surface area contributed by atoms with Gasteiger partial charge in [-0.2, -0.15) is 0 Å². The van der Waals surface area contributed by atoms with Crippen molar-refractivity contribution in [2.24, 2.45) is 0 Å². The Morgan fingerprint density at radius 2 is 1.79 bits per heavy atom. The maximum absolute atomic E-state index is 11.8. The van der Waals surface area contributed by atoms with Crippen LogP contribution in [0.15, 0.2) is 48.5 Å². The molecule has 0 unspecified atom stereocenters. The lowest BCUT2D eigenvalue weighted by Crippen LogP contribution is -2.01. The molecule has 122 valence electrons. The molecule has 0 aliphatic carbocycles. The second kappa shape index (κ2) is 6.44. The van der Waals surface area contributed by atoms with Gasteiger partial charge in [-0.05, 0) is 41.7 Å². The number of carboxylic acid groups (broad SMARTS) is 1. The minimum Gasteiger partial charge on any atom is -0.478 e. The summed E-state index contributed by atoms with van der Waals surface area (Å²) >= 11 is 0. The zero-order valence-corrected chi connectivity index (χ0v) is 14.2. The zero-order chi connectivity index (χ0) is 17.3. The fourth-order valence-electron chi connectivity index (χ4n) is 2.84. The second-order valence-corrected chi connectivity index (χ2v) is 6.34. The lowest BCUT2D eigenvalue weighted by atomic mass is 9.97. The fourth-order valence-corrected chi connectivity index (χ4v) is 2.84. The Balaban J connectivity index is 2.20. The first-order chi connectivity index (χ1) is 11.5. The average molecular weight is 319 g/mol. The molecule has 0 fully saturated rings. The quantitative estimate of drug-likeness (QED) is 0.711. The molecule has 1 heterocycles. The second-order valence-electron chi connectivity index (χ2n) is 6.34. The molecule has 3 heteroatoms. The molecule has 3 aromatic rings. The van der Waals surface area contributed by atoms with Crippen LogP contribution in [0.1, 0.15) is 48.2 Å². The number of hydrogen-bond donors (Lipinski definition) is 1. The smallest absolute Gasteiger partial charge is 0.336 e. The third-order valence-electron chi connectivity index (χ3n) is 4.39. The number of carboxylic acids is 1. The van der Waals surface area contributed by atoms with Crippen molar-refractivity contribution in [1.29, 1.82) is 0 Å². The summed E-state index contributed by atoms with van der Waals surface area (Å²) in [6.07, 6.45) is 0.976. The van der Waals surface area contributed by atoms with Gasteiger partial charge in [0, 0.05) is 10.9 Å². The number of hydrogen-bond acceptors (Lipinski definition) is 2. The summed E-state index contributed by atoms with van der Waals surface area (Å²) in [6.45, 7) is 6.30. The predicted octanol–water partition coefficient (Wildman–Crippen LogP) is 5.29. The Bertz CT molecular complexity index is 896. The van der Waals surface area contributed by atoms with E-state index in [2.05, 4.69) is 37.9 Å². The van der Waals surface area contributed by atoms with E-state index in [4.69, 9.17) is 0 Å². The molecule has 0 amide bonds. The first-order valence-electron chi connectivity index (χ1n) is 8.27. The summed E-state index contributed by atoms with van der Waals surface area (Å²) in [5.74, 6) is -0.577. The van der Waals surface area contributed by atoms with Gasteiger partial charge in [0.05, 0.1) is 16.8 Å². The summed E-state index contributed by atoms with van der Waals surface area (Å²) in [6, 6.07) is 15.7. The molecule has 0 radical (unpaired) electrons. The molecule has 24 heavy (non-hydrogen) atoms. The lowest BCUT2D eigenvalue weighted by molar-refractivity contribution is 0.0699. The van der Waals surface area contributed by atoms with Gasteiger partial charge in [0.1, 0.15) is 0 Å². The highest BCUT2D eigenvalue weighted by molar-refractivity contribution is 6.04. The van der Waals surface area contributed by atoms with Gasteiger partial charge in [-0.25, -0.2) is 9.78 Å². The van der Waals surface area contributed by atoms with Gasteiger partial charge < -0.3 is 5.11 Å². The molecular weight excluding hydrogens is 298 g/mol. The Morgan fingerprint density at radius 3 is 2.38 bits per heavy atom. The Labute approximate surface area is 142 Å².